The number of aromatic nitrogens is 2. The van der Waals surface area contributed by atoms with E-state index in [9.17, 15) is 8.78 Å². The summed E-state index contributed by atoms with van der Waals surface area (Å²) in [6, 6.07) is 3.04. The van der Waals surface area contributed by atoms with Crippen molar-refractivity contribution in [3.05, 3.63) is 35.7 Å². The van der Waals surface area contributed by atoms with Crippen molar-refractivity contribution in [3.8, 4) is 11.5 Å². The minimum absolute atomic E-state index is 0.0412. The summed E-state index contributed by atoms with van der Waals surface area (Å²) in [7, 11) is 0. The highest BCUT2D eigenvalue weighted by Gasteiger charge is 2.13. The van der Waals surface area contributed by atoms with Gasteiger partial charge in [0.25, 0.3) is 5.89 Å². The van der Waals surface area contributed by atoms with Crippen LogP contribution < -0.4 is 5.73 Å². The molecule has 1 aromatic heterocycles. The van der Waals surface area contributed by atoms with Gasteiger partial charge in [0.1, 0.15) is 11.6 Å². The third-order valence-corrected chi connectivity index (χ3v) is 1.99. The van der Waals surface area contributed by atoms with Crippen LogP contribution in [0.25, 0.3) is 11.5 Å². The van der Waals surface area contributed by atoms with Gasteiger partial charge in [0.05, 0.1) is 5.56 Å². The average molecular weight is 225 g/mol. The Morgan fingerprint density at radius 1 is 1.31 bits per heavy atom. The molecule has 0 fully saturated rings. The first-order valence-electron chi connectivity index (χ1n) is 4.69. The Balaban J connectivity index is 2.38. The van der Waals surface area contributed by atoms with Gasteiger partial charge in [-0.2, -0.15) is 4.98 Å². The number of rotatable bonds is 3. The lowest BCUT2D eigenvalue weighted by molar-refractivity contribution is 0.420. The molecule has 0 saturated carbocycles. The van der Waals surface area contributed by atoms with Gasteiger partial charge in [-0.15, -0.1) is 0 Å². The Hall–Kier alpha value is -1.82. The Morgan fingerprint density at radius 3 is 2.88 bits per heavy atom. The van der Waals surface area contributed by atoms with E-state index < -0.39 is 11.6 Å². The Bertz CT molecular complexity index is 499. The van der Waals surface area contributed by atoms with Crippen LogP contribution in [0.5, 0.6) is 0 Å². The molecule has 0 unspecified atom stereocenters. The molecule has 1 heterocycles. The monoisotopic (exact) mass is 225 g/mol. The number of nitrogens with zero attached hydrogens (tertiary/aromatic N) is 2. The number of nitrogens with two attached hydrogens (primary N) is 1. The topological polar surface area (TPSA) is 64.9 Å². The van der Waals surface area contributed by atoms with Crippen molar-refractivity contribution < 1.29 is 13.3 Å². The highest BCUT2D eigenvalue weighted by atomic mass is 19.1. The molecule has 4 nitrogen and oxygen atoms in total. The maximum Gasteiger partial charge on any atom is 0.261 e. The minimum Gasteiger partial charge on any atom is -0.334 e. The van der Waals surface area contributed by atoms with E-state index in [4.69, 9.17) is 10.3 Å². The molecule has 0 aliphatic carbocycles. The van der Waals surface area contributed by atoms with E-state index in [1.165, 1.54) is 0 Å². The summed E-state index contributed by atoms with van der Waals surface area (Å²) in [6.45, 7) is 0.366. The maximum absolute atomic E-state index is 13.3. The van der Waals surface area contributed by atoms with Gasteiger partial charge < -0.3 is 10.3 Å². The van der Waals surface area contributed by atoms with E-state index in [0.29, 0.717) is 18.8 Å². The predicted octanol–water partition coefficient (Wildman–Crippen LogP) is 1.52. The van der Waals surface area contributed by atoms with E-state index in [1.807, 2.05) is 0 Å². The third kappa shape index (κ3) is 2.06. The lowest BCUT2D eigenvalue weighted by Crippen LogP contribution is -2.03. The fraction of sp³-hybridized carbons (Fsp3) is 0.200. The molecule has 0 amide bonds. The third-order valence-electron chi connectivity index (χ3n) is 1.99. The molecule has 2 aromatic rings. The minimum atomic E-state index is -0.607. The average Bonchev–Trinajstić information content (AvgIpc) is 2.71. The molecule has 0 aliphatic rings. The first-order valence-corrected chi connectivity index (χ1v) is 4.69. The van der Waals surface area contributed by atoms with Crippen molar-refractivity contribution in [1.82, 2.24) is 10.1 Å². The summed E-state index contributed by atoms with van der Waals surface area (Å²) in [5.41, 5.74) is 5.26. The van der Waals surface area contributed by atoms with Crippen LogP contribution in [0.1, 0.15) is 5.82 Å². The van der Waals surface area contributed by atoms with Crippen molar-refractivity contribution in [2.24, 2.45) is 5.73 Å². The summed E-state index contributed by atoms with van der Waals surface area (Å²) in [5, 5.41) is 3.60. The first-order chi connectivity index (χ1) is 7.70. The summed E-state index contributed by atoms with van der Waals surface area (Å²) >= 11 is 0. The molecule has 0 spiro atoms. The van der Waals surface area contributed by atoms with Gasteiger partial charge >= 0.3 is 0 Å². The fourth-order valence-electron chi connectivity index (χ4n) is 1.26. The molecule has 2 rings (SSSR count). The molecule has 1 aromatic carbocycles. The van der Waals surface area contributed by atoms with E-state index in [0.717, 1.165) is 18.2 Å². The van der Waals surface area contributed by atoms with Crippen LogP contribution in [0, 0.1) is 11.6 Å². The lowest BCUT2D eigenvalue weighted by atomic mass is 10.2. The number of hydrogen-bond acceptors (Lipinski definition) is 4. The summed E-state index contributed by atoms with van der Waals surface area (Å²) < 4.78 is 31.1. The normalized spacial score (nSPS) is 10.7. The lowest BCUT2D eigenvalue weighted by Gasteiger charge is -1.96. The van der Waals surface area contributed by atoms with E-state index in [-0.39, 0.29) is 11.5 Å². The molecular formula is C10H9F2N3O. The van der Waals surface area contributed by atoms with Gasteiger partial charge in [0.15, 0.2) is 5.82 Å². The largest absolute Gasteiger partial charge is 0.334 e. The van der Waals surface area contributed by atoms with Crippen LogP contribution in [0.2, 0.25) is 0 Å². The summed E-state index contributed by atoms with van der Waals surface area (Å²) in [5.74, 6) is -0.832. The van der Waals surface area contributed by atoms with Gasteiger partial charge in [0.2, 0.25) is 0 Å². The molecule has 2 N–H and O–H groups in total. The molecule has 84 valence electrons. The quantitative estimate of drug-likeness (QED) is 0.860. The fourth-order valence-corrected chi connectivity index (χ4v) is 1.26. The second kappa shape index (κ2) is 4.36. The highest BCUT2D eigenvalue weighted by molar-refractivity contribution is 5.53. The number of benzene rings is 1. The number of halogens is 2. The molecule has 16 heavy (non-hydrogen) atoms. The van der Waals surface area contributed by atoms with Crippen molar-refractivity contribution in [3.63, 3.8) is 0 Å². The molecule has 0 radical (unpaired) electrons. The van der Waals surface area contributed by atoms with Crippen LogP contribution >= 0.6 is 0 Å². The van der Waals surface area contributed by atoms with Crippen LogP contribution in [0.15, 0.2) is 22.7 Å². The van der Waals surface area contributed by atoms with Gasteiger partial charge in [-0.05, 0) is 24.7 Å². The predicted molar refractivity (Wildman–Crippen MR) is 52.4 cm³/mol. The molecule has 0 aliphatic heterocycles. The second-order valence-electron chi connectivity index (χ2n) is 3.18. The van der Waals surface area contributed by atoms with Crippen LogP contribution in [0.4, 0.5) is 8.78 Å². The zero-order valence-electron chi connectivity index (χ0n) is 8.28. The Morgan fingerprint density at radius 2 is 2.12 bits per heavy atom. The van der Waals surface area contributed by atoms with E-state index >= 15 is 0 Å². The molecule has 0 bridgehead atoms. The standard InChI is InChI=1S/C10H9F2N3O/c11-6-1-2-8(12)7(5-6)10-14-9(3-4-13)15-16-10/h1-2,5H,3-4,13H2. The SMILES string of the molecule is NCCc1noc(-c2cc(F)ccc2F)n1. The van der Waals surface area contributed by atoms with Crippen molar-refractivity contribution in [2.45, 2.75) is 6.42 Å². The van der Waals surface area contributed by atoms with Gasteiger partial charge in [-0.1, -0.05) is 5.16 Å². The zero-order valence-corrected chi connectivity index (χ0v) is 8.28. The van der Waals surface area contributed by atoms with Crippen molar-refractivity contribution in [1.29, 1.82) is 0 Å². The van der Waals surface area contributed by atoms with Gasteiger partial charge in [-0.3, -0.25) is 0 Å². The van der Waals surface area contributed by atoms with Crippen LogP contribution in [-0.4, -0.2) is 16.7 Å². The molecule has 0 atom stereocenters. The Kier molecular flexibility index (Phi) is 2.91. The molecule has 6 heteroatoms. The summed E-state index contributed by atoms with van der Waals surface area (Å²) in [6.07, 6.45) is 0.431. The van der Waals surface area contributed by atoms with Crippen molar-refractivity contribution in [2.75, 3.05) is 6.54 Å². The Labute approximate surface area is 90.1 Å². The number of hydrogen-bond donors (Lipinski definition) is 1. The maximum atomic E-state index is 13.3. The van der Waals surface area contributed by atoms with Crippen LogP contribution in [0.3, 0.4) is 0 Å². The summed E-state index contributed by atoms with van der Waals surface area (Å²) in [4.78, 5) is 3.91. The van der Waals surface area contributed by atoms with Gasteiger partial charge in [0, 0.05) is 6.42 Å². The molecular weight excluding hydrogens is 216 g/mol. The second-order valence-corrected chi connectivity index (χ2v) is 3.18. The zero-order chi connectivity index (χ0) is 11.5. The van der Waals surface area contributed by atoms with E-state index in [1.54, 1.807) is 0 Å². The van der Waals surface area contributed by atoms with Crippen molar-refractivity contribution >= 4 is 0 Å². The van der Waals surface area contributed by atoms with Crippen LogP contribution in [-0.2, 0) is 6.42 Å². The van der Waals surface area contributed by atoms with Gasteiger partial charge in [-0.25, -0.2) is 8.78 Å². The highest BCUT2D eigenvalue weighted by Crippen LogP contribution is 2.21. The molecule has 0 saturated heterocycles. The van der Waals surface area contributed by atoms with E-state index in [2.05, 4.69) is 10.1 Å². The smallest absolute Gasteiger partial charge is 0.261 e. The first kappa shape index (κ1) is 10.7.